The van der Waals surface area contributed by atoms with Crippen LogP contribution in [-0.4, -0.2) is 30.4 Å². The number of thioether (sulfide) groups is 1. The van der Waals surface area contributed by atoms with Crippen LogP contribution in [0.15, 0.2) is 28.6 Å². The Labute approximate surface area is 146 Å². The number of para-hydroxylation sites is 1. The number of hydrogen-bond donors (Lipinski definition) is 1. The molecule has 0 spiro atoms. The van der Waals surface area contributed by atoms with Gasteiger partial charge in [0.25, 0.3) is 10.0 Å². The second kappa shape index (κ2) is 7.51. The van der Waals surface area contributed by atoms with E-state index < -0.39 is 10.0 Å². The van der Waals surface area contributed by atoms with Gasteiger partial charge in [-0.05, 0) is 50.0 Å². The lowest BCUT2D eigenvalue weighted by Gasteiger charge is -2.28. The maximum Gasteiger partial charge on any atom is 0.268 e. The molecule has 1 aromatic heterocycles. The highest BCUT2D eigenvalue weighted by molar-refractivity contribution is 7.99. The number of benzene rings is 1. The number of aromatic nitrogens is 1. The zero-order chi connectivity index (χ0) is 16.3. The molecule has 0 atom stereocenters. The number of fused-ring (bicyclic) bond motifs is 1. The molecule has 0 saturated heterocycles. The molecule has 0 unspecified atom stereocenters. The molecule has 0 radical (unpaired) electrons. The van der Waals surface area contributed by atoms with Gasteiger partial charge in [0.05, 0.1) is 10.2 Å². The van der Waals surface area contributed by atoms with Gasteiger partial charge in [-0.2, -0.15) is 11.8 Å². The molecule has 4 nitrogen and oxygen atoms in total. The summed E-state index contributed by atoms with van der Waals surface area (Å²) >= 11 is 3.27. The van der Waals surface area contributed by atoms with Crippen molar-refractivity contribution in [3.63, 3.8) is 0 Å². The topological polar surface area (TPSA) is 59.1 Å². The Morgan fingerprint density at radius 1 is 1.26 bits per heavy atom. The fourth-order valence-corrected chi connectivity index (χ4v) is 6.59. The second-order valence-electron chi connectivity index (χ2n) is 5.91. The summed E-state index contributed by atoms with van der Waals surface area (Å²) in [6, 6.07) is 7.58. The number of rotatable bonds is 6. The van der Waals surface area contributed by atoms with Gasteiger partial charge in [0.1, 0.15) is 0 Å². The third-order valence-corrected chi connectivity index (χ3v) is 8.58. The van der Waals surface area contributed by atoms with Crippen LogP contribution in [0, 0.1) is 0 Å². The molecule has 1 aliphatic rings. The molecular formula is C16H22N2O2S3. The van der Waals surface area contributed by atoms with Crippen LogP contribution in [0.5, 0.6) is 0 Å². The molecule has 3 rings (SSSR count). The molecule has 0 amide bonds. The number of hydrogen-bond acceptors (Lipinski definition) is 5. The van der Waals surface area contributed by atoms with E-state index in [4.69, 9.17) is 0 Å². The summed E-state index contributed by atoms with van der Waals surface area (Å²) in [6.07, 6.45) is 5.24. The Morgan fingerprint density at radius 3 is 2.70 bits per heavy atom. The van der Waals surface area contributed by atoms with Gasteiger partial charge < -0.3 is 0 Å². The van der Waals surface area contributed by atoms with Crippen LogP contribution in [0.25, 0.3) is 10.2 Å². The minimum Gasteiger partial charge on any atom is -0.224 e. The van der Waals surface area contributed by atoms with Crippen molar-refractivity contribution in [2.45, 2.75) is 54.7 Å². The average Bonchev–Trinajstić information content (AvgIpc) is 2.99. The molecule has 126 valence electrons. The quantitative estimate of drug-likeness (QED) is 0.834. The van der Waals surface area contributed by atoms with Crippen LogP contribution in [-0.2, 0) is 10.0 Å². The molecule has 0 aliphatic heterocycles. The highest BCUT2D eigenvalue weighted by Gasteiger charge is 2.27. The van der Waals surface area contributed by atoms with E-state index in [2.05, 4.69) is 16.6 Å². The van der Waals surface area contributed by atoms with Crippen molar-refractivity contribution in [2.75, 3.05) is 5.75 Å². The predicted octanol–water partition coefficient (Wildman–Crippen LogP) is 4.03. The highest BCUT2D eigenvalue weighted by Crippen LogP contribution is 2.30. The largest absolute Gasteiger partial charge is 0.268 e. The van der Waals surface area contributed by atoms with Crippen LogP contribution >= 0.6 is 23.1 Å². The predicted molar refractivity (Wildman–Crippen MR) is 98.7 cm³/mol. The van der Waals surface area contributed by atoms with E-state index in [1.807, 2.05) is 36.0 Å². The Hall–Kier alpha value is -0.630. The summed E-state index contributed by atoms with van der Waals surface area (Å²) in [5.41, 5.74) is 0.748. The molecule has 1 heterocycles. The first kappa shape index (κ1) is 17.2. The first-order valence-corrected chi connectivity index (χ1v) is 11.4. The summed E-state index contributed by atoms with van der Waals surface area (Å²) in [6.45, 7) is 2.20. The van der Waals surface area contributed by atoms with Crippen molar-refractivity contribution in [1.82, 2.24) is 9.71 Å². The van der Waals surface area contributed by atoms with Gasteiger partial charge in [0.2, 0.25) is 4.34 Å². The number of nitrogens with one attached hydrogen (secondary N) is 1. The fourth-order valence-electron chi connectivity index (χ4n) is 2.87. The summed E-state index contributed by atoms with van der Waals surface area (Å²) in [5.74, 6) is 1.20. The van der Waals surface area contributed by atoms with Gasteiger partial charge in [-0.25, -0.2) is 18.1 Å². The van der Waals surface area contributed by atoms with Gasteiger partial charge in [-0.15, -0.1) is 11.3 Å². The van der Waals surface area contributed by atoms with E-state index in [9.17, 15) is 8.42 Å². The SMILES string of the molecule is CCCSC1CCC(NS(=O)(=O)c2nc3ccccc3s2)CC1. The molecule has 1 fully saturated rings. The fraction of sp³-hybridized carbons (Fsp3) is 0.562. The summed E-state index contributed by atoms with van der Waals surface area (Å²) in [4.78, 5) is 4.27. The standard InChI is InChI=1S/C16H22N2O2S3/c1-2-11-21-13-9-7-12(8-10-13)18-23(19,20)16-17-14-5-3-4-6-15(14)22-16/h3-6,12-13,18H,2,7-11H2,1H3. The number of sulfonamides is 1. The molecule has 1 saturated carbocycles. The van der Waals surface area contributed by atoms with E-state index in [0.717, 1.165) is 35.9 Å². The summed E-state index contributed by atoms with van der Waals surface area (Å²) in [7, 11) is -3.51. The molecule has 7 heteroatoms. The van der Waals surface area contributed by atoms with Crippen LogP contribution in [0.3, 0.4) is 0 Å². The Morgan fingerprint density at radius 2 is 2.00 bits per heavy atom. The third kappa shape index (κ3) is 4.26. The van der Waals surface area contributed by atoms with E-state index in [-0.39, 0.29) is 10.4 Å². The van der Waals surface area contributed by atoms with Crippen LogP contribution in [0.2, 0.25) is 0 Å². The molecule has 1 aliphatic carbocycles. The maximum atomic E-state index is 12.6. The summed E-state index contributed by atoms with van der Waals surface area (Å²) in [5, 5.41) is 0.693. The molecule has 2 aromatic rings. The molecule has 1 aromatic carbocycles. The van der Waals surface area contributed by atoms with Crippen LogP contribution in [0.4, 0.5) is 0 Å². The highest BCUT2D eigenvalue weighted by atomic mass is 32.2. The Bertz CT molecular complexity index is 717. The minimum absolute atomic E-state index is 0.0467. The molecule has 0 bridgehead atoms. The first-order valence-electron chi connectivity index (χ1n) is 8.08. The van der Waals surface area contributed by atoms with Crippen molar-refractivity contribution in [3.05, 3.63) is 24.3 Å². The van der Waals surface area contributed by atoms with Crippen molar-refractivity contribution in [3.8, 4) is 0 Å². The maximum absolute atomic E-state index is 12.6. The minimum atomic E-state index is -3.51. The van der Waals surface area contributed by atoms with Gasteiger partial charge in [0.15, 0.2) is 0 Å². The van der Waals surface area contributed by atoms with E-state index in [1.54, 1.807) is 0 Å². The smallest absolute Gasteiger partial charge is 0.224 e. The number of nitrogens with zero attached hydrogens (tertiary/aromatic N) is 1. The van der Waals surface area contributed by atoms with Crippen LogP contribution < -0.4 is 4.72 Å². The van der Waals surface area contributed by atoms with E-state index in [0.29, 0.717) is 5.25 Å². The van der Waals surface area contributed by atoms with Crippen molar-refractivity contribution in [2.24, 2.45) is 0 Å². The average molecular weight is 371 g/mol. The normalized spacial score (nSPS) is 22.5. The zero-order valence-corrected chi connectivity index (χ0v) is 15.6. The lowest BCUT2D eigenvalue weighted by atomic mass is 9.96. The Balaban J connectivity index is 1.63. The monoisotopic (exact) mass is 370 g/mol. The van der Waals surface area contributed by atoms with E-state index in [1.165, 1.54) is 23.5 Å². The molecule has 23 heavy (non-hydrogen) atoms. The van der Waals surface area contributed by atoms with Gasteiger partial charge in [0, 0.05) is 11.3 Å². The third-order valence-electron chi connectivity index (χ3n) is 4.06. The van der Waals surface area contributed by atoms with Crippen molar-refractivity contribution >= 4 is 43.3 Å². The number of thiazole rings is 1. The summed E-state index contributed by atoms with van der Waals surface area (Å²) < 4.78 is 29.1. The van der Waals surface area contributed by atoms with E-state index >= 15 is 0 Å². The lowest BCUT2D eigenvalue weighted by molar-refractivity contribution is 0.419. The van der Waals surface area contributed by atoms with Gasteiger partial charge in [-0.3, -0.25) is 0 Å². The second-order valence-corrected chi connectivity index (χ2v) is 10.2. The van der Waals surface area contributed by atoms with Crippen molar-refractivity contribution in [1.29, 1.82) is 0 Å². The lowest BCUT2D eigenvalue weighted by Crippen LogP contribution is -2.38. The van der Waals surface area contributed by atoms with Crippen molar-refractivity contribution < 1.29 is 8.42 Å². The molecule has 1 N–H and O–H groups in total. The van der Waals surface area contributed by atoms with Gasteiger partial charge in [-0.1, -0.05) is 19.1 Å². The van der Waals surface area contributed by atoms with Gasteiger partial charge >= 0.3 is 0 Å². The van der Waals surface area contributed by atoms with Crippen LogP contribution in [0.1, 0.15) is 39.0 Å². The first-order chi connectivity index (χ1) is 11.1. The molecular weight excluding hydrogens is 348 g/mol. The Kier molecular flexibility index (Phi) is 5.61. The zero-order valence-electron chi connectivity index (χ0n) is 13.2.